The number of imide groups is 1. The summed E-state index contributed by atoms with van der Waals surface area (Å²) in [6, 6.07) is 4.15. The number of urea groups is 1. The molecule has 1 aromatic heterocycles. The van der Waals surface area contributed by atoms with Gasteiger partial charge in [0.1, 0.15) is 6.04 Å². The van der Waals surface area contributed by atoms with Crippen LogP contribution in [0, 0.1) is 0 Å². The highest BCUT2D eigenvalue weighted by Crippen LogP contribution is 2.23. The summed E-state index contributed by atoms with van der Waals surface area (Å²) in [5.41, 5.74) is -0.343. The number of carbonyl (C=O) groups excluding carboxylic acids is 2. The fraction of sp³-hybridized carbons (Fsp3) is 0.600. The highest BCUT2D eigenvalue weighted by molar-refractivity contribution is 7.10. The van der Waals surface area contributed by atoms with Gasteiger partial charge in [-0.15, -0.1) is 11.3 Å². The molecule has 1 aliphatic heterocycles. The summed E-state index contributed by atoms with van der Waals surface area (Å²) in [4.78, 5) is 26.3. The van der Waals surface area contributed by atoms with Gasteiger partial charge >= 0.3 is 6.03 Å². The van der Waals surface area contributed by atoms with Crippen molar-refractivity contribution in [1.82, 2.24) is 10.6 Å². The second-order valence-corrected chi connectivity index (χ2v) is 7.53. The number of hydrogen-bond donors (Lipinski definition) is 3. The van der Waals surface area contributed by atoms with E-state index in [9.17, 15) is 9.59 Å². The van der Waals surface area contributed by atoms with Crippen molar-refractivity contribution in [3.63, 3.8) is 0 Å². The Hall–Kier alpha value is -1.40. The lowest BCUT2D eigenvalue weighted by Crippen LogP contribution is -3.11. The summed E-state index contributed by atoms with van der Waals surface area (Å²) in [5, 5.41) is 7.23. The van der Waals surface area contributed by atoms with E-state index in [0.717, 1.165) is 19.4 Å². The second-order valence-electron chi connectivity index (χ2n) is 6.55. The van der Waals surface area contributed by atoms with Crippen LogP contribution in [-0.4, -0.2) is 30.6 Å². The largest absolute Gasteiger partial charge is 0.333 e. The van der Waals surface area contributed by atoms with Crippen molar-refractivity contribution >= 4 is 23.3 Å². The molecular formula is C15H24N3O2S+. The summed E-state index contributed by atoms with van der Waals surface area (Å²) < 4.78 is 0. The topological polar surface area (TPSA) is 62.6 Å². The molecule has 0 spiro atoms. The molecule has 2 atom stereocenters. The van der Waals surface area contributed by atoms with Crippen LogP contribution in [0.25, 0.3) is 0 Å². The molecule has 2 rings (SSSR count). The van der Waals surface area contributed by atoms with Crippen LogP contribution in [0.4, 0.5) is 4.79 Å². The molecule has 0 saturated carbocycles. The molecule has 3 amide bonds. The zero-order valence-electron chi connectivity index (χ0n) is 12.9. The SMILES string of the molecule is CC(C)(C)NC(=O)NC(=O)C[NH+]1CCC[C@H]1c1cccs1. The fourth-order valence-electron chi connectivity index (χ4n) is 2.71. The van der Waals surface area contributed by atoms with Crippen molar-refractivity contribution in [2.24, 2.45) is 0 Å². The lowest BCUT2D eigenvalue weighted by atomic mass is 10.1. The number of quaternary nitrogens is 1. The van der Waals surface area contributed by atoms with Crippen LogP contribution in [0.2, 0.25) is 0 Å². The maximum absolute atomic E-state index is 12.0. The molecule has 1 saturated heterocycles. The average Bonchev–Trinajstić information content (AvgIpc) is 2.94. The highest BCUT2D eigenvalue weighted by atomic mass is 32.1. The number of thiophene rings is 1. The highest BCUT2D eigenvalue weighted by Gasteiger charge is 2.32. The van der Waals surface area contributed by atoms with E-state index in [-0.39, 0.29) is 11.4 Å². The van der Waals surface area contributed by atoms with E-state index < -0.39 is 6.03 Å². The minimum absolute atomic E-state index is 0.213. The van der Waals surface area contributed by atoms with E-state index in [0.29, 0.717) is 12.6 Å². The quantitative estimate of drug-likeness (QED) is 0.783. The molecule has 3 N–H and O–H groups in total. The predicted octanol–water partition coefficient (Wildman–Crippen LogP) is 1.09. The lowest BCUT2D eigenvalue weighted by molar-refractivity contribution is -0.910. The normalized spacial score (nSPS) is 22.0. The van der Waals surface area contributed by atoms with E-state index in [1.165, 1.54) is 9.78 Å². The summed E-state index contributed by atoms with van der Waals surface area (Å²) in [7, 11) is 0. The molecule has 0 aliphatic carbocycles. The van der Waals surface area contributed by atoms with Gasteiger partial charge in [-0.3, -0.25) is 10.1 Å². The van der Waals surface area contributed by atoms with Gasteiger partial charge < -0.3 is 10.2 Å². The Morgan fingerprint density at radius 1 is 1.43 bits per heavy atom. The van der Waals surface area contributed by atoms with Gasteiger partial charge in [-0.1, -0.05) is 6.07 Å². The van der Waals surface area contributed by atoms with E-state index in [1.807, 2.05) is 26.8 Å². The van der Waals surface area contributed by atoms with E-state index in [2.05, 4.69) is 22.1 Å². The molecular weight excluding hydrogens is 286 g/mol. The van der Waals surface area contributed by atoms with Gasteiger partial charge in [-0.2, -0.15) is 0 Å². The van der Waals surface area contributed by atoms with Crippen LogP contribution in [0.15, 0.2) is 17.5 Å². The molecule has 6 heteroatoms. The van der Waals surface area contributed by atoms with Crippen LogP contribution in [0.1, 0.15) is 44.5 Å². The number of carbonyl (C=O) groups is 2. The van der Waals surface area contributed by atoms with Gasteiger partial charge in [0.05, 0.1) is 11.4 Å². The molecule has 1 aromatic rings. The number of likely N-dealkylation sites (tertiary alicyclic amines) is 1. The first kappa shape index (κ1) is 16.0. The number of rotatable bonds is 3. The monoisotopic (exact) mass is 310 g/mol. The first-order chi connectivity index (χ1) is 9.85. The maximum atomic E-state index is 12.0. The van der Waals surface area contributed by atoms with E-state index >= 15 is 0 Å². The van der Waals surface area contributed by atoms with Gasteiger partial charge in [0.2, 0.25) is 0 Å². The van der Waals surface area contributed by atoms with Crippen LogP contribution >= 0.6 is 11.3 Å². The van der Waals surface area contributed by atoms with Crippen molar-refractivity contribution in [2.75, 3.05) is 13.1 Å². The van der Waals surface area contributed by atoms with Crippen LogP contribution in [0.3, 0.4) is 0 Å². The molecule has 21 heavy (non-hydrogen) atoms. The Morgan fingerprint density at radius 2 is 2.19 bits per heavy atom. The summed E-state index contributed by atoms with van der Waals surface area (Å²) in [6.07, 6.45) is 2.23. The van der Waals surface area contributed by atoms with Gasteiger partial charge in [-0.05, 0) is 32.2 Å². The minimum atomic E-state index is -0.418. The Kier molecular flexibility index (Phi) is 5.00. The third-order valence-corrected chi connectivity index (χ3v) is 4.49. The molecule has 0 bridgehead atoms. The number of nitrogens with one attached hydrogen (secondary N) is 3. The third kappa shape index (κ3) is 4.82. The predicted molar refractivity (Wildman–Crippen MR) is 83.4 cm³/mol. The first-order valence-electron chi connectivity index (χ1n) is 7.35. The van der Waals surface area contributed by atoms with Crippen LogP contribution in [0.5, 0.6) is 0 Å². The van der Waals surface area contributed by atoms with Crippen LogP contribution < -0.4 is 15.5 Å². The summed E-state index contributed by atoms with van der Waals surface area (Å²) in [5.74, 6) is -0.213. The Balaban J connectivity index is 1.86. The van der Waals surface area contributed by atoms with Crippen molar-refractivity contribution < 1.29 is 14.5 Å². The van der Waals surface area contributed by atoms with Gasteiger partial charge in [0, 0.05) is 18.4 Å². The third-order valence-electron chi connectivity index (χ3n) is 3.50. The van der Waals surface area contributed by atoms with Crippen molar-refractivity contribution in [1.29, 1.82) is 0 Å². The standard InChI is InChI=1S/C15H23N3O2S/c1-15(2,3)17-14(20)16-13(19)10-18-8-4-6-11(18)12-7-5-9-21-12/h5,7,9,11H,4,6,8,10H2,1-3H3,(H2,16,17,19,20)/p+1/t11-/m0/s1. The second kappa shape index (κ2) is 6.58. The Morgan fingerprint density at radius 3 is 2.81 bits per heavy atom. The van der Waals surface area contributed by atoms with Gasteiger partial charge in [0.15, 0.2) is 6.54 Å². The van der Waals surface area contributed by atoms with Crippen molar-refractivity contribution in [3.05, 3.63) is 22.4 Å². The zero-order chi connectivity index (χ0) is 15.5. The molecule has 1 unspecified atom stereocenters. The average molecular weight is 310 g/mol. The lowest BCUT2D eigenvalue weighted by Gasteiger charge is -2.22. The minimum Gasteiger partial charge on any atom is -0.333 e. The molecule has 1 aliphatic rings. The molecule has 0 aromatic carbocycles. The smallest absolute Gasteiger partial charge is 0.322 e. The number of amides is 3. The Labute approximate surface area is 129 Å². The van der Waals surface area contributed by atoms with E-state index in [1.54, 1.807) is 11.3 Å². The van der Waals surface area contributed by atoms with Crippen molar-refractivity contribution in [3.8, 4) is 0 Å². The molecule has 1 fully saturated rings. The zero-order valence-corrected chi connectivity index (χ0v) is 13.7. The Bertz CT molecular complexity index is 494. The number of hydrogen-bond acceptors (Lipinski definition) is 3. The van der Waals surface area contributed by atoms with Gasteiger partial charge in [0.25, 0.3) is 5.91 Å². The molecule has 116 valence electrons. The first-order valence-corrected chi connectivity index (χ1v) is 8.23. The molecule has 5 nitrogen and oxygen atoms in total. The fourth-order valence-corrected chi connectivity index (χ4v) is 3.63. The maximum Gasteiger partial charge on any atom is 0.322 e. The molecule has 0 radical (unpaired) electrons. The van der Waals surface area contributed by atoms with Gasteiger partial charge in [-0.25, -0.2) is 4.79 Å². The van der Waals surface area contributed by atoms with Crippen LogP contribution in [-0.2, 0) is 4.79 Å². The molecule has 2 heterocycles. The van der Waals surface area contributed by atoms with Crippen molar-refractivity contribution in [2.45, 2.75) is 45.2 Å². The van der Waals surface area contributed by atoms with E-state index in [4.69, 9.17) is 0 Å². The summed E-state index contributed by atoms with van der Waals surface area (Å²) in [6.45, 7) is 6.98. The summed E-state index contributed by atoms with van der Waals surface area (Å²) >= 11 is 1.74.